The molecule has 12 rings (SSSR count). The van der Waals surface area contributed by atoms with Gasteiger partial charge in [-0.3, -0.25) is 9.59 Å². The van der Waals surface area contributed by atoms with Gasteiger partial charge in [0.05, 0.1) is 19.3 Å². The topological polar surface area (TPSA) is 83.1 Å². The normalized spacial score (nSPS) is 17.5. The van der Waals surface area contributed by atoms with Crippen LogP contribution in [-0.4, -0.2) is 26.1 Å². The highest BCUT2D eigenvalue weighted by Gasteiger charge is 2.46. The largest absolute Gasteiger partial charge is 0.497 e. The summed E-state index contributed by atoms with van der Waals surface area (Å²) in [5.41, 5.74) is 9.22. The molecule has 0 aromatic heterocycles. The molecule has 7 nitrogen and oxygen atoms in total. The summed E-state index contributed by atoms with van der Waals surface area (Å²) >= 11 is 0. The quantitative estimate of drug-likeness (QED) is 0.0524. The zero-order valence-corrected chi connectivity index (χ0v) is 49.8. The number of carbonyl (C=O) groups is 2. The van der Waals surface area contributed by atoms with Gasteiger partial charge in [0, 0.05) is 44.1 Å². The number of unbranched alkanes of at least 4 members (excludes halogenated alkanes) is 3. The maximum absolute atomic E-state index is 14.7. The maximum Gasteiger partial charge on any atom is 0.416 e. The zero-order chi connectivity index (χ0) is 59.9. The van der Waals surface area contributed by atoms with Crippen molar-refractivity contribution in [1.29, 1.82) is 0 Å². The number of ether oxygens (including phenoxy) is 4. The first-order valence-corrected chi connectivity index (χ1v) is 30.4. The van der Waals surface area contributed by atoms with Crippen molar-refractivity contribution in [3.05, 3.63) is 214 Å². The zero-order valence-electron chi connectivity index (χ0n) is 49.8. The van der Waals surface area contributed by atoms with Gasteiger partial charge in [0.25, 0.3) is 12.4 Å². The molecule has 10 heteroatoms. The Hall–Kier alpha value is -8.63. The number of anilines is 1. The molecule has 9 aromatic carbocycles. The molecule has 1 unspecified atom stereocenters. The van der Waals surface area contributed by atoms with Crippen LogP contribution in [0.3, 0.4) is 0 Å². The smallest absolute Gasteiger partial charge is 0.416 e. The molecule has 9 aromatic rings. The van der Waals surface area contributed by atoms with E-state index in [1.165, 1.54) is 63.0 Å². The Morgan fingerprint density at radius 2 is 1.38 bits per heavy atom. The standard InChI is InChI=1S/C76H72F3NO6/c1-7-9-11-13-48-16-18-49(19-17-48)50-20-22-51(23-21-50)52-24-26-53(27-25-52)73(82)80-57-33-39-60(47(3)43-57)64-45-65-69-61-38-32-56(76(77,78)79)44-66(61)74(4,5)71(69)63-40-41-75(54-28-34-58(83-6)35-29-54,55-30-36-59(37-31-55)84-42-10-8-2)86-72(63)70(65)62-14-12-15-67(68(62)64)85-46-81/h12,14-15,20-41,43-46,48-49H,7-11,13,16-19,42H2,1-6H3,(H,80,82). The van der Waals surface area contributed by atoms with E-state index in [0.717, 1.165) is 86.0 Å². The Bertz CT molecular complexity index is 4040. The first-order valence-electron chi connectivity index (χ1n) is 30.4. The van der Waals surface area contributed by atoms with Crippen LogP contribution in [0.1, 0.15) is 153 Å². The number of hydrogen-bond acceptors (Lipinski definition) is 6. The number of benzene rings is 9. The number of rotatable bonds is 18. The molecule has 1 amide bonds. The van der Waals surface area contributed by atoms with Gasteiger partial charge >= 0.3 is 6.18 Å². The van der Waals surface area contributed by atoms with Crippen LogP contribution in [0.4, 0.5) is 18.9 Å². The molecule has 1 N–H and O–H groups in total. The fourth-order valence-electron chi connectivity index (χ4n) is 13.9. The van der Waals surface area contributed by atoms with Crippen molar-refractivity contribution in [3.8, 4) is 56.4 Å². The number of methoxy groups -OCH3 is 1. The average Bonchev–Trinajstić information content (AvgIpc) is 1.44. The average molecular weight is 1150 g/mol. The second-order valence-corrected chi connectivity index (χ2v) is 24.1. The van der Waals surface area contributed by atoms with Crippen LogP contribution in [0.15, 0.2) is 164 Å². The molecule has 2 aliphatic carbocycles. The van der Waals surface area contributed by atoms with Crippen molar-refractivity contribution in [2.24, 2.45) is 5.92 Å². The Balaban J connectivity index is 0.939. The second-order valence-electron chi connectivity index (χ2n) is 24.1. The molecule has 3 aliphatic rings. The maximum atomic E-state index is 14.7. The Morgan fingerprint density at radius 3 is 2.03 bits per heavy atom. The van der Waals surface area contributed by atoms with E-state index in [2.05, 4.69) is 55.6 Å². The minimum absolute atomic E-state index is 0.256. The van der Waals surface area contributed by atoms with E-state index in [1.54, 1.807) is 19.2 Å². The molecule has 0 bridgehead atoms. The third kappa shape index (κ3) is 10.7. The van der Waals surface area contributed by atoms with Gasteiger partial charge in [-0.25, -0.2) is 0 Å². The van der Waals surface area contributed by atoms with Crippen LogP contribution in [0.25, 0.3) is 61.0 Å². The molecule has 86 heavy (non-hydrogen) atoms. The molecular weight excluding hydrogens is 1080 g/mol. The van der Waals surface area contributed by atoms with E-state index in [1.807, 2.05) is 130 Å². The van der Waals surface area contributed by atoms with E-state index in [4.69, 9.17) is 18.9 Å². The lowest BCUT2D eigenvalue weighted by atomic mass is 9.76. The predicted octanol–water partition coefficient (Wildman–Crippen LogP) is 20.1. The number of halogens is 3. The van der Waals surface area contributed by atoms with Crippen LogP contribution < -0.4 is 24.3 Å². The first-order chi connectivity index (χ1) is 41.6. The van der Waals surface area contributed by atoms with Gasteiger partial charge < -0.3 is 24.3 Å². The molecule has 1 fully saturated rings. The number of nitrogens with one attached hydrogen (secondary N) is 1. The number of alkyl halides is 3. The van der Waals surface area contributed by atoms with Gasteiger partial charge in [-0.1, -0.05) is 151 Å². The SMILES string of the molecule is CCCCCC1CCC(c2ccc(-c3ccc(C(=O)Nc4ccc(-c5cc6c7c(c8c(c6c6cccc(OC=O)c56)OC(c5ccc(OC)cc5)(c5ccc(OCCCC)cc5)C=C8)C(C)(C)c5cc(C(F)(F)F)ccc5-7)c(C)c4)cc3)cc2)CC1. The summed E-state index contributed by atoms with van der Waals surface area (Å²) in [4.78, 5) is 26.5. The number of aryl methyl sites for hydroxylation is 1. The van der Waals surface area contributed by atoms with E-state index >= 15 is 0 Å². The van der Waals surface area contributed by atoms with Crippen molar-refractivity contribution in [2.75, 3.05) is 19.0 Å². The summed E-state index contributed by atoms with van der Waals surface area (Å²) in [6.45, 7) is 11.3. The van der Waals surface area contributed by atoms with Crippen LogP contribution >= 0.6 is 0 Å². The number of fused-ring (bicyclic) bond motifs is 10. The Kier molecular flexibility index (Phi) is 15.9. The van der Waals surface area contributed by atoms with E-state index < -0.39 is 22.8 Å². The van der Waals surface area contributed by atoms with Gasteiger partial charge in [-0.2, -0.15) is 13.2 Å². The summed E-state index contributed by atoms with van der Waals surface area (Å²) in [5, 5.41) is 5.87. The number of amides is 1. The van der Waals surface area contributed by atoms with Gasteiger partial charge in [-0.15, -0.1) is 0 Å². The fourth-order valence-corrected chi connectivity index (χ4v) is 13.9. The Morgan fingerprint density at radius 1 is 0.709 bits per heavy atom. The number of carbonyl (C=O) groups excluding carboxylic acids is 2. The minimum Gasteiger partial charge on any atom is -0.497 e. The van der Waals surface area contributed by atoms with Gasteiger partial charge in [0.2, 0.25) is 0 Å². The van der Waals surface area contributed by atoms with Crippen molar-refractivity contribution in [2.45, 2.75) is 122 Å². The fraction of sp³-hybridized carbons (Fsp3) is 0.289. The predicted molar refractivity (Wildman–Crippen MR) is 340 cm³/mol. The summed E-state index contributed by atoms with van der Waals surface area (Å²) in [7, 11) is 1.62. The monoisotopic (exact) mass is 1150 g/mol. The molecule has 0 saturated heterocycles. The molecule has 0 radical (unpaired) electrons. The highest BCUT2D eigenvalue weighted by Crippen LogP contribution is 2.61. The first kappa shape index (κ1) is 57.8. The molecule has 1 aliphatic heterocycles. The highest BCUT2D eigenvalue weighted by atomic mass is 19.4. The van der Waals surface area contributed by atoms with Gasteiger partial charge in [0.1, 0.15) is 23.0 Å². The summed E-state index contributed by atoms with van der Waals surface area (Å²) in [6.07, 6.45) is 11.9. The summed E-state index contributed by atoms with van der Waals surface area (Å²) in [5.74, 6) is 3.43. The van der Waals surface area contributed by atoms with E-state index in [9.17, 15) is 22.8 Å². The molecular formula is C76H72F3NO6. The van der Waals surface area contributed by atoms with Crippen LogP contribution in [0.5, 0.6) is 23.0 Å². The third-order valence-corrected chi connectivity index (χ3v) is 18.5. The number of hydrogen-bond donors (Lipinski definition) is 1. The van der Waals surface area contributed by atoms with Crippen molar-refractivity contribution < 1.29 is 41.7 Å². The van der Waals surface area contributed by atoms with Crippen molar-refractivity contribution in [3.63, 3.8) is 0 Å². The molecule has 438 valence electrons. The van der Waals surface area contributed by atoms with Crippen LogP contribution in [0.2, 0.25) is 0 Å². The van der Waals surface area contributed by atoms with Crippen molar-refractivity contribution >= 4 is 45.7 Å². The lowest BCUT2D eigenvalue weighted by Gasteiger charge is -2.39. The molecule has 1 atom stereocenters. The van der Waals surface area contributed by atoms with Crippen LogP contribution in [0, 0.1) is 12.8 Å². The van der Waals surface area contributed by atoms with E-state index in [-0.39, 0.29) is 5.91 Å². The van der Waals surface area contributed by atoms with E-state index in [0.29, 0.717) is 80.3 Å². The Labute approximate surface area is 502 Å². The second kappa shape index (κ2) is 23.7. The summed E-state index contributed by atoms with van der Waals surface area (Å²) in [6, 6.07) is 49.7. The van der Waals surface area contributed by atoms with Crippen molar-refractivity contribution in [1.82, 2.24) is 0 Å². The molecule has 0 spiro atoms. The summed E-state index contributed by atoms with van der Waals surface area (Å²) < 4.78 is 69.5. The molecule has 1 heterocycles. The third-order valence-electron chi connectivity index (χ3n) is 18.5. The van der Waals surface area contributed by atoms with Gasteiger partial charge in [0.15, 0.2) is 5.60 Å². The highest BCUT2D eigenvalue weighted by molar-refractivity contribution is 6.24. The lowest BCUT2D eigenvalue weighted by Crippen LogP contribution is -2.35. The molecule has 1 saturated carbocycles. The lowest BCUT2D eigenvalue weighted by molar-refractivity contribution is -0.137. The van der Waals surface area contributed by atoms with Gasteiger partial charge in [-0.05, 0) is 196 Å². The van der Waals surface area contributed by atoms with Crippen LogP contribution in [-0.2, 0) is 22.0 Å². The minimum atomic E-state index is -4.58.